The van der Waals surface area contributed by atoms with Gasteiger partial charge in [0.25, 0.3) is 5.91 Å². The Hall–Kier alpha value is -3.27. The highest BCUT2D eigenvalue weighted by atomic mass is 35.5. The normalized spacial score (nSPS) is 12.7. The molecule has 1 aliphatic carbocycles. The molecule has 0 atom stereocenters. The minimum absolute atomic E-state index is 0. The van der Waals surface area contributed by atoms with E-state index in [9.17, 15) is 13.6 Å². The summed E-state index contributed by atoms with van der Waals surface area (Å²) >= 11 is 0. The summed E-state index contributed by atoms with van der Waals surface area (Å²) in [6.45, 7) is 1.13. The van der Waals surface area contributed by atoms with E-state index in [1.54, 1.807) is 36.4 Å². The maximum absolute atomic E-state index is 13.6. The number of anilines is 1. The van der Waals surface area contributed by atoms with E-state index in [0.29, 0.717) is 35.9 Å². The molecule has 0 radical (unpaired) electrons. The Kier molecular flexibility index (Phi) is 7.57. The number of carbonyl (C=O) groups excluding carboxylic acids is 1. The maximum Gasteiger partial charge on any atom is 0.255 e. The summed E-state index contributed by atoms with van der Waals surface area (Å²) in [7, 11) is 0. The zero-order valence-electron chi connectivity index (χ0n) is 17.2. The maximum atomic E-state index is 13.6. The highest BCUT2D eigenvalue weighted by molar-refractivity contribution is 6.04. The molecule has 4 rings (SSSR count). The van der Waals surface area contributed by atoms with Crippen LogP contribution in [0.1, 0.15) is 39.9 Å². The van der Waals surface area contributed by atoms with Crippen LogP contribution in [0.2, 0.25) is 0 Å². The predicted octanol–water partition coefficient (Wildman–Crippen LogP) is 5.68. The van der Waals surface area contributed by atoms with Gasteiger partial charge in [0.2, 0.25) is 0 Å². The van der Waals surface area contributed by atoms with Gasteiger partial charge in [-0.2, -0.15) is 5.26 Å². The van der Waals surface area contributed by atoms with Gasteiger partial charge in [0.1, 0.15) is 0 Å². The molecule has 0 heterocycles. The molecule has 4 nitrogen and oxygen atoms in total. The van der Waals surface area contributed by atoms with Crippen LogP contribution < -0.4 is 5.32 Å². The van der Waals surface area contributed by atoms with Crippen LogP contribution in [-0.2, 0) is 13.1 Å². The number of hydrogen-bond acceptors (Lipinski definition) is 3. The molecular formula is C25H22ClF2N3O. The summed E-state index contributed by atoms with van der Waals surface area (Å²) in [4.78, 5) is 14.9. The monoisotopic (exact) mass is 453 g/mol. The fourth-order valence-corrected chi connectivity index (χ4v) is 3.50. The fraction of sp³-hybridized carbons (Fsp3) is 0.200. The first-order valence-corrected chi connectivity index (χ1v) is 10.1. The van der Waals surface area contributed by atoms with Crippen molar-refractivity contribution in [3.05, 3.63) is 101 Å². The summed E-state index contributed by atoms with van der Waals surface area (Å²) in [6.07, 6.45) is 2.14. The molecule has 7 heteroatoms. The zero-order chi connectivity index (χ0) is 21.8. The first-order valence-electron chi connectivity index (χ1n) is 10.1. The standard InChI is InChI=1S/C25H21F2N3O.ClH/c26-23-11-6-19(13-24(23)27)16-30(22-9-10-22)15-18-2-1-3-20(12-18)25(31)29-21-7-4-17(14-28)5-8-21;/h1-8,11-13,22H,9-10,15-16H2,(H,29,31);1H. The molecule has 32 heavy (non-hydrogen) atoms. The van der Waals surface area contributed by atoms with Gasteiger partial charge in [0, 0.05) is 30.4 Å². The average Bonchev–Trinajstić information content (AvgIpc) is 3.62. The van der Waals surface area contributed by atoms with Crippen LogP contribution in [-0.4, -0.2) is 16.8 Å². The minimum Gasteiger partial charge on any atom is -0.322 e. The average molecular weight is 454 g/mol. The number of halogens is 3. The van der Waals surface area contributed by atoms with Gasteiger partial charge in [-0.15, -0.1) is 12.4 Å². The van der Waals surface area contributed by atoms with Crippen molar-refractivity contribution in [2.75, 3.05) is 5.32 Å². The number of amides is 1. The summed E-state index contributed by atoms with van der Waals surface area (Å²) in [5.41, 5.74) is 3.38. The largest absolute Gasteiger partial charge is 0.322 e. The molecular weight excluding hydrogens is 432 g/mol. The van der Waals surface area contributed by atoms with Crippen LogP contribution in [0.4, 0.5) is 14.5 Å². The SMILES string of the molecule is Cl.N#Cc1ccc(NC(=O)c2cccc(CN(Cc3ccc(F)c(F)c3)C3CC3)c2)cc1. The van der Waals surface area contributed by atoms with E-state index in [0.717, 1.165) is 30.0 Å². The van der Waals surface area contributed by atoms with Crippen molar-refractivity contribution in [3.63, 3.8) is 0 Å². The molecule has 3 aromatic carbocycles. The Balaban J connectivity index is 0.00000289. The number of nitrogens with zero attached hydrogens (tertiary/aromatic N) is 2. The number of rotatable bonds is 7. The number of benzene rings is 3. The van der Waals surface area contributed by atoms with Crippen molar-refractivity contribution in [2.24, 2.45) is 0 Å². The molecule has 1 amide bonds. The lowest BCUT2D eigenvalue weighted by Crippen LogP contribution is -2.25. The Morgan fingerprint density at radius 3 is 2.28 bits per heavy atom. The van der Waals surface area contributed by atoms with E-state index < -0.39 is 11.6 Å². The van der Waals surface area contributed by atoms with Crippen LogP contribution in [0.15, 0.2) is 66.7 Å². The lowest BCUT2D eigenvalue weighted by Gasteiger charge is -2.22. The van der Waals surface area contributed by atoms with E-state index in [-0.39, 0.29) is 18.3 Å². The van der Waals surface area contributed by atoms with Gasteiger partial charge in [-0.3, -0.25) is 9.69 Å². The van der Waals surface area contributed by atoms with Crippen LogP contribution in [0, 0.1) is 23.0 Å². The quantitative estimate of drug-likeness (QED) is 0.501. The van der Waals surface area contributed by atoms with Crippen molar-refractivity contribution >= 4 is 24.0 Å². The molecule has 0 aromatic heterocycles. The molecule has 3 aromatic rings. The van der Waals surface area contributed by atoms with Crippen molar-refractivity contribution in [2.45, 2.75) is 32.0 Å². The third kappa shape index (κ3) is 5.91. The van der Waals surface area contributed by atoms with E-state index in [2.05, 4.69) is 10.2 Å². The third-order valence-corrected chi connectivity index (χ3v) is 5.28. The lowest BCUT2D eigenvalue weighted by molar-refractivity contribution is 0.102. The molecule has 1 saturated carbocycles. The first kappa shape index (κ1) is 23.4. The Bertz CT molecular complexity index is 1140. The molecule has 1 N–H and O–H groups in total. The van der Waals surface area contributed by atoms with Gasteiger partial charge in [0.05, 0.1) is 11.6 Å². The summed E-state index contributed by atoms with van der Waals surface area (Å²) in [5.74, 6) is -1.91. The van der Waals surface area contributed by atoms with Crippen molar-refractivity contribution in [1.29, 1.82) is 5.26 Å². The van der Waals surface area contributed by atoms with E-state index >= 15 is 0 Å². The van der Waals surface area contributed by atoms with Gasteiger partial charge in [-0.1, -0.05) is 18.2 Å². The van der Waals surface area contributed by atoms with Crippen LogP contribution >= 0.6 is 12.4 Å². The van der Waals surface area contributed by atoms with E-state index in [1.807, 2.05) is 24.3 Å². The van der Waals surface area contributed by atoms with Gasteiger partial charge in [-0.25, -0.2) is 8.78 Å². The van der Waals surface area contributed by atoms with Crippen molar-refractivity contribution < 1.29 is 13.6 Å². The summed E-state index contributed by atoms with van der Waals surface area (Å²) in [6, 6.07) is 20.5. The molecule has 0 spiro atoms. The minimum atomic E-state index is -0.845. The van der Waals surface area contributed by atoms with Crippen LogP contribution in [0.5, 0.6) is 0 Å². The first-order chi connectivity index (χ1) is 15.0. The fourth-order valence-electron chi connectivity index (χ4n) is 3.50. The summed E-state index contributed by atoms with van der Waals surface area (Å²) in [5, 5.41) is 11.7. The number of nitriles is 1. The van der Waals surface area contributed by atoms with E-state index in [4.69, 9.17) is 5.26 Å². The van der Waals surface area contributed by atoms with Crippen LogP contribution in [0.3, 0.4) is 0 Å². The second-order valence-electron chi connectivity index (χ2n) is 7.73. The molecule has 0 saturated heterocycles. The molecule has 0 bridgehead atoms. The number of carbonyl (C=O) groups is 1. The smallest absolute Gasteiger partial charge is 0.255 e. The molecule has 1 aliphatic rings. The van der Waals surface area contributed by atoms with Gasteiger partial charge in [0.15, 0.2) is 11.6 Å². The topological polar surface area (TPSA) is 56.1 Å². The predicted molar refractivity (Wildman–Crippen MR) is 121 cm³/mol. The van der Waals surface area contributed by atoms with Gasteiger partial charge >= 0.3 is 0 Å². The Morgan fingerprint density at radius 1 is 0.969 bits per heavy atom. The number of nitrogens with one attached hydrogen (secondary N) is 1. The van der Waals surface area contributed by atoms with Crippen LogP contribution in [0.25, 0.3) is 0 Å². The van der Waals surface area contributed by atoms with Crippen molar-refractivity contribution in [1.82, 2.24) is 4.90 Å². The number of hydrogen-bond donors (Lipinski definition) is 1. The van der Waals surface area contributed by atoms with Gasteiger partial charge < -0.3 is 5.32 Å². The summed E-state index contributed by atoms with van der Waals surface area (Å²) < 4.78 is 26.8. The molecule has 0 aliphatic heterocycles. The Labute approximate surface area is 191 Å². The second-order valence-corrected chi connectivity index (χ2v) is 7.73. The van der Waals surface area contributed by atoms with E-state index in [1.165, 1.54) is 6.07 Å². The highest BCUT2D eigenvalue weighted by Gasteiger charge is 2.29. The second kappa shape index (κ2) is 10.4. The third-order valence-electron chi connectivity index (χ3n) is 5.28. The molecule has 0 unspecified atom stereocenters. The lowest BCUT2D eigenvalue weighted by atomic mass is 10.1. The molecule has 164 valence electrons. The zero-order valence-corrected chi connectivity index (χ0v) is 18.0. The van der Waals surface area contributed by atoms with Crippen molar-refractivity contribution in [3.8, 4) is 6.07 Å². The Morgan fingerprint density at radius 2 is 1.66 bits per heavy atom. The highest BCUT2D eigenvalue weighted by Crippen LogP contribution is 2.30. The molecule has 1 fully saturated rings. The van der Waals surface area contributed by atoms with Gasteiger partial charge in [-0.05, 0) is 72.5 Å².